The molecule has 4 N–H and O–H groups in total. The van der Waals surface area contributed by atoms with Crippen LogP contribution in [0.4, 0.5) is 15.6 Å². The average Bonchev–Trinajstić information content (AvgIpc) is 2.95. The van der Waals surface area contributed by atoms with E-state index in [0.29, 0.717) is 9.47 Å². The van der Waals surface area contributed by atoms with Crippen molar-refractivity contribution >= 4 is 45.9 Å². The lowest BCUT2D eigenvalue weighted by molar-refractivity contribution is -0.120. The Morgan fingerprint density at radius 3 is 2.60 bits per heavy atom. The zero-order chi connectivity index (χ0) is 18.6. The molecule has 2 rings (SSSR count). The maximum Gasteiger partial charge on any atom is 0.318 e. The molecule has 3 amide bonds. The van der Waals surface area contributed by atoms with E-state index < -0.39 is 17.2 Å². The van der Waals surface area contributed by atoms with Gasteiger partial charge in [-0.1, -0.05) is 49.1 Å². The van der Waals surface area contributed by atoms with Crippen LogP contribution >= 0.6 is 23.1 Å². The van der Waals surface area contributed by atoms with Crippen molar-refractivity contribution in [3.8, 4) is 0 Å². The highest BCUT2D eigenvalue weighted by Crippen LogP contribution is 2.34. The number of imide groups is 1. The van der Waals surface area contributed by atoms with E-state index in [2.05, 4.69) is 20.8 Å². The number of carbonyl (C=O) groups excluding carboxylic acids is 2. The minimum atomic E-state index is -0.856. The maximum atomic E-state index is 12.1. The monoisotopic (exact) mass is 379 g/mol. The van der Waals surface area contributed by atoms with Crippen LogP contribution in [-0.4, -0.2) is 27.4 Å². The molecule has 0 saturated carbocycles. The summed E-state index contributed by atoms with van der Waals surface area (Å²) in [6.07, 6.45) is 0. The number of carbonyl (C=O) groups is 2. The van der Waals surface area contributed by atoms with Crippen molar-refractivity contribution in [2.24, 2.45) is 11.7 Å². The quantitative estimate of drug-likeness (QED) is 0.665. The van der Waals surface area contributed by atoms with Crippen LogP contribution < -0.4 is 16.4 Å². The molecule has 9 heteroatoms. The summed E-state index contributed by atoms with van der Waals surface area (Å²) in [6, 6.07) is 5.15. The molecular formula is C16H21N5O2S2. The molecule has 2 aromatic rings. The molecule has 0 unspecified atom stereocenters. The summed E-state index contributed by atoms with van der Waals surface area (Å²) in [5, 5.41) is 13.8. The van der Waals surface area contributed by atoms with Gasteiger partial charge in [0.2, 0.25) is 11.0 Å². The van der Waals surface area contributed by atoms with E-state index in [9.17, 15) is 9.59 Å². The van der Waals surface area contributed by atoms with E-state index in [-0.39, 0.29) is 5.92 Å². The van der Waals surface area contributed by atoms with Gasteiger partial charge in [0.1, 0.15) is 0 Å². The van der Waals surface area contributed by atoms with E-state index >= 15 is 0 Å². The predicted molar refractivity (Wildman–Crippen MR) is 101 cm³/mol. The number of rotatable bonds is 6. The van der Waals surface area contributed by atoms with Crippen LogP contribution in [-0.2, 0) is 4.79 Å². The van der Waals surface area contributed by atoms with Gasteiger partial charge in [0.25, 0.3) is 0 Å². The second-order valence-electron chi connectivity index (χ2n) is 5.88. The van der Waals surface area contributed by atoms with Crippen molar-refractivity contribution in [1.29, 1.82) is 0 Å². The van der Waals surface area contributed by atoms with Crippen LogP contribution in [0.25, 0.3) is 0 Å². The average molecular weight is 380 g/mol. The van der Waals surface area contributed by atoms with Gasteiger partial charge >= 0.3 is 6.03 Å². The lowest BCUT2D eigenvalue weighted by atomic mass is 10.1. The molecule has 25 heavy (non-hydrogen) atoms. The Kier molecular flexibility index (Phi) is 6.38. The molecule has 1 aromatic heterocycles. The molecule has 1 aromatic carbocycles. The Bertz CT molecular complexity index is 776. The van der Waals surface area contributed by atoms with Gasteiger partial charge in [-0.3, -0.25) is 10.1 Å². The Morgan fingerprint density at radius 2 is 1.96 bits per heavy atom. The Balaban J connectivity index is 2.10. The third-order valence-electron chi connectivity index (χ3n) is 3.59. The van der Waals surface area contributed by atoms with Crippen LogP contribution in [0.5, 0.6) is 0 Å². The Labute approximate surface area is 154 Å². The van der Waals surface area contributed by atoms with E-state index in [1.807, 2.05) is 45.9 Å². The van der Waals surface area contributed by atoms with E-state index in [1.54, 1.807) is 0 Å². The summed E-state index contributed by atoms with van der Waals surface area (Å²) in [5.41, 5.74) is 8.33. The molecule has 1 heterocycles. The molecule has 0 bridgehead atoms. The van der Waals surface area contributed by atoms with E-state index in [4.69, 9.17) is 5.73 Å². The molecular weight excluding hydrogens is 358 g/mol. The summed E-state index contributed by atoms with van der Waals surface area (Å²) in [6.45, 7) is 7.88. The molecule has 0 aliphatic heterocycles. The zero-order valence-corrected chi connectivity index (χ0v) is 16.1. The fraction of sp³-hybridized carbons (Fsp3) is 0.375. The third kappa shape index (κ3) is 5.17. The Morgan fingerprint density at radius 1 is 1.24 bits per heavy atom. The summed E-state index contributed by atoms with van der Waals surface area (Å²) < 4.78 is 0.645. The fourth-order valence-electron chi connectivity index (χ4n) is 2.10. The van der Waals surface area contributed by atoms with Crippen molar-refractivity contribution < 1.29 is 9.59 Å². The van der Waals surface area contributed by atoms with Gasteiger partial charge < -0.3 is 11.1 Å². The number of thioether (sulfide) groups is 1. The SMILES string of the molecule is Cc1cccc(Nc2nnc(S[C@H](C(=O)NC(N)=O)C(C)C)s2)c1C. The van der Waals surface area contributed by atoms with E-state index in [0.717, 1.165) is 11.3 Å². The smallest absolute Gasteiger partial charge is 0.318 e. The highest BCUT2D eigenvalue weighted by molar-refractivity contribution is 8.02. The number of primary amides is 1. The minimum absolute atomic E-state index is 0.00340. The molecule has 7 nitrogen and oxygen atoms in total. The first-order chi connectivity index (χ1) is 11.8. The van der Waals surface area contributed by atoms with Gasteiger partial charge in [-0.05, 0) is 37.0 Å². The number of benzene rings is 1. The first-order valence-electron chi connectivity index (χ1n) is 7.71. The lowest BCUT2D eigenvalue weighted by Gasteiger charge is -2.16. The highest BCUT2D eigenvalue weighted by atomic mass is 32.2. The van der Waals surface area contributed by atoms with Crippen molar-refractivity contribution in [2.45, 2.75) is 37.3 Å². The van der Waals surface area contributed by atoms with Gasteiger partial charge in [-0.15, -0.1) is 10.2 Å². The summed E-state index contributed by atoms with van der Waals surface area (Å²) in [5.74, 6) is -0.421. The van der Waals surface area contributed by atoms with Crippen LogP contribution in [0.3, 0.4) is 0 Å². The number of nitrogens with two attached hydrogens (primary N) is 1. The number of hydrogen-bond donors (Lipinski definition) is 3. The van der Waals surface area contributed by atoms with Gasteiger partial charge in [0.15, 0.2) is 4.34 Å². The predicted octanol–water partition coefficient (Wildman–Crippen LogP) is 3.21. The zero-order valence-electron chi connectivity index (χ0n) is 14.5. The van der Waals surface area contributed by atoms with Gasteiger partial charge in [-0.2, -0.15) is 0 Å². The second kappa shape index (κ2) is 8.30. The summed E-state index contributed by atoms with van der Waals surface area (Å²) in [7, 11) is 0. The summed E-state index contributed by atoms with van der Waals surface area (Å²) >= 11 is 2.63. The van der Waals surface area contributed by atoms with Crippen molar-refractivity contribution in [1.82, 2.24) is 15.5 Å². The first kappa shape index (κ1) is 19.2. The first-order valence-corrected chi connectivity index (χ1v) is 9.41. The summed E-state index contributed by atoms with van der Waals surface area (Å²) in [4.78, 5) is 23.0. The molecule has 0 radical (unpaired) electrons. The highest BCUT2D eigenvalue weighted by Gasteiger charge is 2.26. The Hall–Kier alpha value is -2.13. The van der Waals surface area contributed by atoms with Crippen molar-refractivity contribution in [2.75, 3.05) is 5.32 Å². The molecule has 134 valence electrons. The van der Waals surface area contributed by atoms with Crippen LogP contribution in [0.1, 0.15) is 25.0 Å². The number of anilines is 2. The molecule has 0 spiro atoms. The maximum absolute atomic E-state index is 12.1. The number of urea groups is 1. The lowest BCUT2D eigenvalue weighted by Crippen LogP contribution is -2.42. The standard InChI is InChI=1S/C16H21N5O2S2/c1-8(2)12(13(22)19-14(17)23)24-16-21-20-15(25-16)18-11-7-5-6-9(3)10(11)4/h5-8,12H,1-4H3,(H,18,20)(H3,17,19,22,23)/t12-/m0/s1. The third-order valence-corrected chi connectivity index (χ3v) is 6.06. The largest absolute Gasteiger partial charge is 0.351 e. The molecule has 0 aliphatic rings. The topological polar surface area (TPSA) is 110 Å². The van der Waals surface area contributed by atoms with Gasteiger partial charge in [-0.25, -0.2) is 4.79 Å². The van der Waals surface area contributed by atoms with Crippen LogP contribution in [0.15, 0.2) is 22.5 Å². The van der Waals surface area contributed by atoms with E-state index in [1.165, 1.54) is 28.7 Å². The second-order valence-corrected chi connectivity index (χ2v) is 8.25. The number of nitrogens with zero attached hydrogens (tertiary/aromatic N) is 2. The molecule has 1 atom stereocenters. The fourth-order valence-corrected chi connectivity index (χ4v) is 4.08. The van der Waals surface area contributed by atoms with Gasteiger partial charge in [0.05, 0.1) is 5.25 Å². The number of hydrogen-bond acceptors (Lipinski definition) is 7. The normalized spacial score (nSPS) is 12.0. The van der Waals surface area contributed by atoms with Crippen LogP contribution in [0, 0.1) is 19.8 Å². The number of nitrogens with one attached hydrogen (secondary N) is 2. The molecule has 0 saturated heterocycles. The number of aryl methyl sites for hydroxylation is 1. The number of amides is 3. The number of aromatic nitrogens is 2. The minimum Gasteiger partial charge on any atom is -0.351 e. The van der Waals surface area contributed by atoms with Gasteiger partial charge in [0, 0.05) is 5.69 Å². The van der Waals surface area contributed by atoms with Crippen LogP contribution in [0.2, 0.25) is 0 Å². The van der Waals surface area contributed by atoms with Crippen molar-refractivity contribution in [3.63, 3.8) is 0 Å². The molecule has 0 fully saturated rings. The molecule has 0 aliphatic carbocycles. The van der Waals surface area contributed by atoms with Crippen molar-refractivity contribution in [3.05, 3.63) is 29.3 Å².